The molecule has 130 valence electrons. The standard InChI is InChI=1S/C19H22N4O2/c1-11-6-5-7-12(2)15(11)9-20-19(25)23-10-16(24)22-17-13(3)8-14(4)21-18(17)23/h5-8H,9-10H2,1-4H3,(H,20,25)(H,22,24). The fourth-order valence-electron chi connectivity index (χ4n) is 3.12. The highest BCUT2D eigenvalue weighted by Crippen LogP contribution is 2.31. The van der Waals surface area contributed by atoms with E-state index in [1.54, 1.807) is 0 Å². The van der Waals surface area contributed by atoms with Crippen LogP contribution in [0.25, 0.3) is 0 Å². The highest BCUT2D eigenvalue weighted by Gasteiger charge is 2.29. The number of aromatic nitrogens is 1. The molecular formula is C19H22N4O2. The van der Waals surface area contributed by atoms with Crippen LogP contribution in [0.15, 0.2) is 24.3 Å². The predicted octanol–water partition coefficient (Wildman–Crippen LogP) is 2.98. The molecule has 25 heavy (non-hydrogen) atoms. The predicted molar refractivity (Wildman–Crippen MR) is 97.8 cm³/mol. The Hall–Kier alpha value is -2.89. The summed E-state index contributed by atoms with van der Waals surface area (Å²) in [6, 6.07) is 7.60. The van der Waals surface area contributed by atoms with Crippen molar-refractivity contribution in [1.29, 1.82) is 0 Å². The van der Waals surface area contributed by atoms with Crippen molar-refractivity contribution >= 4 is 23.4 Å². The topological polar surface area (TPSA) is 74.3 Å². The number of rotatable bonds is 2. The molecule has 0 spiro atoms. The average Bonchev–Trinajstić information content (AvgIpc) is 2.54. The zero-order chi connectivity index (χ0) is 18.1. The number of carbonyl (C=O) groups is 2. The van der Waals surface area contributed by atoms with E-state index in [1.807, 2.05) is 52.0 Å². The van der Waals surface area contributed by atoms with Crippen LogP contribution in [0.1, 0.15) is 27.9 Å². The number of urea groups is 1. The number of fused-ring (bicyclic) bond motifs is 1. The van der Waals surface area contributed by atoms with Crippen molar-refractivity contribution in [2.45, 2.75) is 34.2 Å². The second-order valence-corrected chi connectivity index (χ2v) is 6.44. The molecule has 0 atom stereocenters. The lowest BCUT2D eigenvalue weighted by Crippen LogP contribution is -2.47. The number of benzene rings is 1. The van der Waals surface area contributed by atoms with Crippen LogP contribution < -0.4 is 15.5 Å². The molecule has 0 radical (unpaired) electrons. The van der Waals surface area contributed by atoms with Crippen LogP contribution in [-0.2, 0) is 11.3 Å². The summed E-state index contributed by atoms with van der Waals surface area (Å²) >= 11 is 0. The van der Waals surface area contributed by atoms with Crippen LogP contribution in [0.5, 0.6) is 0 Å². The third kappa shape index (κ3) is 3.33. The largest absolute Gasteiger partial charge is 0.334 e. The Morgan fingerprint density at radius 3 is 2.56 bits per heavy atom. The van der Waals surface area contributed by atoms with Crippen LogP contribution in [0, 0.1) is 27.7 Å². The van der Waals surface area contributed by atoms with Gasteiger partial charge in [-0.3, -0.25) is 9.69 Å². The van der Waals surface area contributed by atoms with E-state index in [-0.39, 0.29) is 18.5 Å². The van der Waals surface area contributed by atoms with Gasteiger partial charge in [0.2, 0.25) is 5.91 Å². The van der Waals surface area contributed by atoms with Gasteiger partial charge in [0.05, 0.1) is 5.69 Å². The Bertz CT molecular complexity index is 840. The van der Waals surface area contributed by atoms with Crippen molar-refractivity contribution < 1.29 is 9.59 Å². The summed E-state index contributed by atoms with van der Waals surface area (Å²) in [4.78, 5) is 30.6. The molecule has 0 unspecified atom stereocenters. The second-order valence-electron chi connectivity index (χ2n) is 6.44. The van der Waals surface area contributed by atoms with Gasteiger partial charge in [-0.25, -0.2) is 9.78 Å². The van der Waals surface area contributed by atoms with E-state index >= 15 is 0 Å². The molecule has 0 bridgehead atoms. The number of pyridine rings is 1. The number of anilines is 2. The van der Waals surface area contributed by atoms with Crippen molar-refractivity contribution in [2.75, 3.05) is 16.8 Å². The number of hydrogen-bond donors (Lipinski definition) is 2. The molecule has 0 aliphatic carbocycles. The van der Waals surface area contributed by atoms with Crippen LogP contribution in [0.3, 0.4) is 0 Å². The molecule has 2 N–H and O–H groups in total. The second kappa shape index (κ2) is 6.55. The number of carbonyl (C=O) groups excluding carboxylic acids is 2. The van der Waals surface area contributed by atoms with Crippen molar-refractivity contribution in [1.82, 2.24) is 10.3 Å². The Morgan fingerprint density at radius 2 is 1.88 bits per heavy atom. The Labute approximate surface area is 147 Å². The SMILES string of the molecule is Cc1cc(C)c2c(n1)N(C(=O)NCc1c(C)cccc1C)CC(=O)N2. The molecule has 3 rings (SSSR count). The molecule has 3 amide bonds. The first-order valence-corrected chi connectivity index (χ1v) is 8.25. The van der Waals surface area contributed by atoms with Crippen LogP contribution in [0.2, 0.25) is 0 Å². The number of amides is 3. The van der Waals surface area contributed by atoms with E-state index in [1.165, 1.54) is 4.90 Å². The summed E-state index contributed by atoms with van der Waals surface area (Å²) in [5.74, 6) is 0.277. The molecule has 0 saturated heterocycles. The Kier molecular flexibility index (Phi) is 4.44. The lowest BCUT2D eigenvalue weighted by atomic mass is 10.0. The Morgan fingerprint density at radius 1 is 1.20 bits per heavy atom. The van der Waals surface area contributed by atoms with E-state index in [0.29, 0.717) is 18.1 Å². The first-order valence-electron chi connectivity index (χ1n) is 8.25. The summed E-state index contributed by atoms with van der Waals surface area (Å²) in [5.41, 5.74) is 5.64. The van der Waals surface area contributed by atoms with E-state index in [2.05, 4.69) is 15.6 Å². The van der Waals surface area contributed by atoms with Gasteiger partial charge in [-0.15, -0.1) is 0 Å². The van der Waals surface area contributed by atoms with Gasteiger partial charge in [0.1, 0.15) is 6.54 Å². The van der Waals surface area contributed by atoms with Gasteiger partial charge in [0.25, 0.3) is 0 Å². The third-order valence-corrected chi connectivity index (χ3v) is 4.45. The van der Waals surface area contributed by atoms with E-state index in [4.69, 9.17) is 0 Å². The number of hydrogen-bond acceptors (Lipinski definition) is 3. The maximum absolute atomic E-state index is 12.7. The fraction of sp³-hybridized carbons (Fsp3) is 0.316. The third-order valence-electron chi connectivity index (χ3n) is 4.45. The fourth-order valence-corrected chi connectivity index (χ4v) is 3.12. The summed E-state index contributed by atoms with van der Waals surface area (Å²) in [6.45, 7) is 8.18. The van der Waals surface area contributed by atoms with Gasteiger partial charge in [0, 0.05) is 12.2 Å². The van der Waals surface area contributed by atoms with E-state index in [9.17, 15) is 9.59 Å². The number of aryl methyl sites for hydroxylation is 4. The lowest BCUT2D eigenvalue weighted by Gasteiger charge is -2.29. The Balaban J connectivity index is 1.85. The van der Waals surface area contributed by atoms with Gasteiger partial charge in [-0.2, -0.15) is 0 Å². The van der Waals surface area contributed by atoms with Crippen LogP contribution in [0.4, 0.5) is 16.3 Å². The molecule has 2 aromatic rings. The first-order chi connectivity index (χ1) is 11.9. The highest BCUT2D eigenvalue weighted by molar-refractivity contribution is 6.09. The molecule has 6 heteroatoms. The number of nitrogens with one attached hydrogen (secondary N) is 2. The smallest absolute Gasteiger partial charge is 0.323 e. The lowest BCUT2D eigenvalue weighted by molar-refractivity contribution is -0.115. The van der Waals surface area contributed by atoms with Crippen molar-refractivity contribution in [3.8, 4) is 0 Å². The van der Waals surface area contributed by atoms with E-state index < -0.39 is 0 Å². The van der Waals surface area contributed by atoms with E-state index in [0.717, 1.165) is 27.9 Å². The molecule has 0 fully saturated rings. The zero-order valence-electron chi connectivity index (χ0n) is 14.9. The van der Waals surface area contributed by atoms with Gasteiger partial charge >= 0.3 is 6.03 Å². The summed E-state index contributed by atoms with van der Waals surface area (Å²) in [5, 5.41) is 5.73. The monoisotopic (exact) mass is 338 g/mol. The summed E-state index contributed by atoms with van der Waals surface area (Å²) in [7, 11) is 0. The molecule has 6 nitrogen and oxygen atoms in total. The minimum absolute atomic E-state index is 0.0402. The highest BCUT2D eigenvalue weighted by atomic mass is 16.2. The molecule has 1 aliphatic heterocycles. The minimum atomic E-state index is -0.323. The van der Waals surface area contributed by atoms with Gasteiger partial charge in [-0.05, 0) is 56.0 Å². The van der Waals surface area contributed by atoms with Gasteiger partial charge < -0.3 is 10.6 Å². The van der Waals surface area contributed by atoms with Crippen molar-refractivity contribution in [3.05, 3.63) is 52.2 Å². The van der Waals surface area contributed by atoms with Crippen molar-refractivity contribution in [3.63, 3.8) is 0 Å². The zero-order valence-corrected chi connectivity index (χ0v) is 14.9. The molecule has 2 heterocycles. The quantitative estimate of drug-likeness (QED) is 0.884. The summed E-state index contributed by atoms with van der Waals surface area (Å²) < 4.78 is 0. The molecule has 0 saturated carbocycles. The molecule has 1 aromatic heterocycles. The molecule has 1 aromatic carbocycles. The first kappa shape index (κ1) is 17.0. The average molecular weight is 338 g/mol. The normalized spacial score (nSPS) is 13.3. The molecule has 1 aliphatic rings. The molecular weight excluding hydrogens is 316 g/mol. The van der Waals surface area contributed by atoms with Gasteiger partial charge in [0.15, 0.2) is 5.82 Å². The summed E-state index contributed by atoms with van der Waals surface area (Å²) in [6.07, 6.45) is 0. The van der Waals surface area contributed by atoms with Crippen LogP contribution in [-0.4, -0.2) is 23.5 Å². The minimum Gasteiger partial charge on any atom is -0.334 e. The van der Waals surface area contributed by atoms with Crippen molar-refractivity contribution in [2.24, 2.45) is 0 Å². The van der Waals surface area contributed by atoms with Crippen LogP contribution >= 0.6 is 0 Å². The maximum Gasteiger partial charge on any atom is 0.323 e. The number of nitrogens with zero attached hydrogens (tertiary/aromatic N) is 2. The maximum atomic E-state index is 12.7. The van der Waals surface area contributed by atoms with Gasteiger partial charge in [-0.1, -0.05) is 18.2 Å².